The Balaban J connectivity index is 1.72. The van der Waals surface area contributed by atoms with Gasteiger partial charge >= 0.3 is 0 Å². The number of aryl methyl sites for hydroxylation is 2. The molecule has 0 fully saturated rings. The monoisotopic (exact) mass is 332 g/mol. The van der Waals surface area contributed by atoms with Gasteiger partial charge in [0.15, 0.2) is 0 Å². The van der Waals surface area contributed by atoms with E-state index in [4.69, 9.17) is 0 Å². The van der Waals surface area contributed by atoms with Crippen molar-refractivity contribution >= 4 is 17.3 Å². The molecule has 2 heterocycles. The van der Waals surface area contributed by atoms with E-state index in [2.05, 4.69) is 46.6 Å². The second-order valence-electron chi connectivity index (χ2n) is 5.87. The number of amides is 1. The highest BCUT2D eigenvalue weighted by Gasteiger charge is 2.09. The largest absolute Gasteiger partial charge is 0.355 e. The minimum absolute atomic E-state index is 0.214. The van der Waals surface area contributed by atoms with Crippen LogP contribution in [0.1, 0.15) is 27.2 Å². The predicted octanol–water partition coefficient (Wildman–Crippen LogP) is 3.77. The van der Waals surface area contributed by atoms with Gasteiger partial charge in [0.1, 0.15) is 5.69 Å². The average molecular weight is 332 g/mol. The topological polar surface area (TPSA) is 66.9 Å². The summed E-state index contributed by atoms with van der Waals surface area (Å²) in [5.41, 5.74) is 5.51. The molecule has 5 heteroatoms. The van der Waals surface area contributed by atoms with Gasteiger partial charge in [-0.25, -0.2) is 0 Å². The first kappa shape index (κ1) is 16.6. The Bertz CT molecular complexity index is 858. The molecule has 0 atom stereocenters. The van der Waals surface area contributed by atoms with Crippen LogP contribution in [0, 0.1) is 13.8 Å². The highest BCUT2D eigenvalue weighted by Crippen LogP contribution is 2.24. The number of rotatable bonds is 5. The van der Waals surface area contributed by atoms with Gasteiger partial charge in [-0.2, -0.15) is 0 Å². The van der Waals surface area contributed by atoms with Gasteiger partial charge in [0.2, 0.25) is 0 Å². The fourth-order valence-electron chi connectivity index (χ4n) is 2.56. The average Bonchev–Trinajstić information content (AvgIpc) is 2.64. The van der Waals surface area contributed by atoms with Crippen LogP contribution in [0.2, 0.25) is 0 Å². The van der Waals surface area contributed by atoms with Crippen molar-refractivity contribution in [3.63, 3.8) is 0 Å². The summed E-state index contributed by atoms with van der Waals surface area (Å²) in [6.07, 6.45) is 5.07. The highest BCUT2D eigenvalue weighted by molar-refractivity contribution is 5.93. The lowest BCUT2D eigenvalue weighted by molar-refractivity contribution is 0.0946. The normalized spacial score (nSPS) is 10.3. The maximum absolute atomic E-state index is 12.3. The number of nitrogens with zero attached hydrogens (tertiary/aromatic N) is 2. The van der Waals surface area contributed by atoms with Gasteiger partial charge in [-0.05, 0) is 48.7 Å². The molecule has 0 saturated carbocycles. The number of hydrogen-bond donors (Lipinski definition) is 2. The molecular formula is C20H20N4O. The minimum atomic E-state index is -0.214. The smallest absolute Gasteiger partial charge is 0.270 e. The minimum Gasteiger partial charge on any atom is -0.355 e. The fourth-order valence-corrected chi connectivity index (χ4v) is 2.56. The summed E-state index contributed by atoms with van der Waals surface area (Å²) in [6, 6.07) is 13.5. The van der Waals surface area contributed by atoms with E-state index < -0.39 is 0 Å². The van der Waals surface area contributed by atoms with Crippen LogP contribution in [0.15, 0.2) is 61.1 Å². The zero-order valence-corrected chi connectivity index (χ0v) is 14.3. The van der Waals surface area contributed by atoms with Crippen LogP contribution < -0.4 is 10.6 Å². The zero-order valence-electron chi connectivity index (χ0n) is 14.3. The number of hydrogen-bond acceptors (Lipinski definition) is 4. The van der Waals surface area contributed by atoms with Gasteiger partial charge < -0.3 is 10.6 Å². The Morgan fingerprint density at radius 3 is 2.56 bits per heavy atom. The van der Waals surface area contributed by atoms with Crippen LogP contribution in [0.5, 0.6) is 0 Å². The van der Waals surface area contributed by atoms with E-state index in [1.807, 2.05) is 24.3 Å². The van der Waals surface area contributed by atoms with E-state index in [1.54, 1.807) is 24.7 Å². The zero-order chi connectivity index (χ0) is 17.6. The molecule has 126 valence electrons. The first-order valence-electron chi connectivity index (χ1n) is 8.10. The van der Waals surface area contributed by atoms with Crippen LogP contribution in [0.4, 0.5) is 11.4 Å². The van der Waals surface area contributed by atoms with Crippen LogP contribution in [0.3, 0.4) is 0 Å². The van der Waals surface area contributed by atoms with E-state index in [1.165, 1.54) is 0 Å². The third kappa shape index (κ3) is 4.20. The van der Waals surface area contributed by atoms with Crippen molar-refractivity contribution in [3.8, 4) is 0 Å². The maximum Gasteiger partial charge on any atom is 0.270 e. The molecule has 0 aliphatic carbocycles. The Morgan fingerprint density at radius 1 is 1.04 bits per heavy atom. The molecule has 0 radical (unpaired) electrons. The summed E-state index contributed by atoms with van der Waals surface area (Å²) in [5.74, 6) is -0.214. The summed E-state index contributed by atoms with van der Waals surface area (Å²) in [5, 5.41) is 6.24. The predicted molar refractivity (Wildman–Crippen MR) is 98.8 cm³/mol. The number of benzene rings is 1. The lowest BCUT2D eigenvalue weighted by Gasteiger charge is -2.13. The number of anilines is 2. The lowest BCUT2D eigenvalue weighted by atomic mass is 10.1. The van der Waals surface area contributed by atoms with Gasteiger partial charge in [-0.1, -0.05) is 24.3 Å². The summed E-state index contributed by atoms with van der Waals surface area (Å²) in [7, 11) is 0. The molecule has 1 aromatic carbocycles. The molecule has 3 aromatic rings. The molecule has 0 saturated heterocycles. The van der Waals surface area contributed by atoms with Gasteiger partial charge in [0.25, 0.3) is 5.91 Å². The van der Waals surface area contributed by atoms with E-state index in [9.17, 15) is 4.79 Å². The van der Waals surface area contributed by atoms with E-state index in [0.717, 1.165) is 28.1 Å². The summed E-state index contributed by atoms with van der Waals surface area (Å²) in [6.45, 7) is 4.53. The third-order valence-corrected chi connectivity index (χ3v) is 3.92. The van der Waals surface area contributed by atoms with E-state index >= 15 is 0 Å². The Hall–Kier alpha value is -3.21. The molecule has 2 aromatic heterocycles. The van der Waals surface area contributed by atoms with Crippen molar-refractivity contribution in [2.45, 2.75) is 20.4 Å². The molecule has 0 aliphatic rings. The second-order valence-corrected chi connectivity index (χ2v) is 5.87. The van der Waals surface area contributed by atoms with Crippen LogP contribution in [-0.2, 0) is 6.54 Å². The number of para-hydroxylation sites is 1. The van der Waals surface area contributed by atoms with Crippen molar-refractivity contribution in [2.24, 2.45) is 0 Å². The molecule has 0 aliphatic heterocycles. The molecule has 0 unspecified atom stereocenters. The molecule has 0 bridgehead atoms. The fraction of sp³-hybridized carbons (Fsp3) is 0.150. The number of aromatic nitrogens is 2. The van der Waals surface area contributed by atoms with Crippen molar-refractivity contribution in [1.29, 1.82) is 0 Å². The van der Waals surface area contributed by atoms with E-state index in [-0.39, 0.29) is 5.91 Å². The molecule has 3 rings (SSSR count). The molecular weight excluding hydrogens is 312 g/mol. The SMILES string of the molecule is Cc1cccc(C)c1Nc1ccnc(C(=O)NCc2cccnc2)c1. The number of carbonyl (C=O) groups excluding carboxylic acids is 1. The first-order chi connectivity index (χ1) is 12.1. The molecule has 1 amide bonds. The van der Waals surface area contributed by atoms with Crippen LogP contribution >= 0.6 is 0 Å². The molecule has 2 N–H and O–H groups in total. The Morgan fingerprint density at radius 2 is 1.84 bits per heavy atom. The first-order valence-corrected chi connectivity index (χ1v) is 8.10. The van der Waals surface area contributed by atoms with Gasteiger partial charge in [0.05, 0.1) is 0 Å². The van der Waals surface area contributed by atoms with Gasteiger partial charge in [-0.15, -0.1) is 0 Å². The van der Waals surface area contributed by atoms with Gasteiger partial charge in [-0.3, -0.25) is 14.8 Å². The summed E-state index contributed by atoms with van der Waals surface area (Å²) < 4.78 is 0. The summed E-state index contributed by atoms with van der Waals surface area (Å²) >= 11 is 0. The van der Waals surface area contributed by atoms with Gasteiger partial charge in [0, 0.05) is 36.5 Å². The molecule has 0 spiro atoms. The standard InChI is InChI=1S/C20H20N4O/c1-14-5-3-6-15(2)19(14)24-17-8-10-22-18(11-17)20(25)23-13-16-7-4-9-21-12-16/h3-12H,13H2,1-2H3,(H,22,24)(H,23,25). The Kier molecular flexibility index (Phi) is 5.04. The maximum atomic E-state index is 12.3. The lowest BCUT2D eigenvalue weighted by Crippen LogP contribution is -2.23. The van der Waals surface area contributed by atoms with Crippen molar-refractivity contribution < 1.29 is 4.79 Å². The van der Waals surface area contributed by atoms with Crippen molar-refractivity contribution in [1.82, 2.24) is 15.3 Å². The highest BCUT2D eigenvalue weighted by atomic mass is 16.1. The summed E-state index contributed by atoms with van der Waals surface area (Å²) in [4.78, 5) is 20.5. The van der Waals surface area contributed by atoms with Crippen molar-refractivity contribution in [2.75, 3.05) is 5.32 Å². The molecule has 25 heavy (non-hydrogen) atoms. The third-order valence-electron chi connectivity index (χ3n) is 3.92. The second kappa shape index (κ2) is 7.57. The van der Waals surface area contributed by atoms with Crippen molar-refractivity contribution in [3.05, 3.63) is 83.4 Å². The number of nitrogens with one attached hydrogen (secondary N) is 2. The van der Waals surface area contributed by atoms with E-state index in [0.29, 0.717) is 12.2 Å². The molecule has 5 nitrogen and oxygen atoms in total. The quantitative estimate of drug-likeness (QED) is 0.746. The van der Waals surface area contributed by atoms with Crippen LogP contribution in [0.25, 0.3) is 0 Å². The van der Waals surface area contributed by atoms with Crippen LogP contribution in [-0.4, -0.2) is 15.9 Å². The number of carbonyl (C=O) groups is 1. The Labute approximate surface area is 147 Å². The number of pyridine rings is 2.